The van der Waals surface area contributed by atoms with Crippen LogP contribution in [0.3, 0.4) is 0 Å². The van der Waals surface area contributed by atoms with Gasteiger partial charge in [0.15, 0.2) is 5.58 Å². The van der Waals surface area contributed by atoms with E-state index in [1.165, 1.54) is 24.3 Å². The molecule has 7 heteroatoms. The van der Waals surface area contributed by atoms with Crippen molar-refractivity contribution in [3.8, 4) is 11.1 Å². The maximum Gasteiger partial charge on any atom is 0.339 e. The Balaban J connectivity index is 2.20. The van der Waals surface area contributed by atoms with E-state index in [9.17, 15) is 28.6 Å². The molecule has 3 aromatic carbocycles. The first kappa shape index (κ1) is 16.7. The van der Waals surface area contributed by atoms with Crippen molar-refractivity contribution >= 4 is 33.9 Å². The van der Waals surface area contributed by atoms with Gasteiger partial charge in [0.05, 0.1) is 0 Å². The molecule has 5 nitrogen and oxygen atoms in total. The summed E-state index contributed by atoms with van der Waals surface area (Å²) in [5, 5.41) is 19.4. The highest BCUT2D eigenvalue weighted by Crippen LogP contribution is 2.39. The van der Waals surface area contributed by atoms with E-state index in [1.807, 2.05) is 0 Å². The van der Waals surface area contributed by atoms with Gasteiger partial charge in [-0.05, 0) is 35.4 Å². The zero-order valence-corrected chi connectivity index (χ0v) is 13.5. The number of fused-ring (bicyclic) bond motifs is 3. The molecular formula is C20H10F2O5. The fraction of sp³-hybridized carbons (Fsp3) is 0. The topological polar surface area (TPSA) is 87.7 Å². The maximum atomic E-state index is 13.7. The fourth-order valence-electron chi connectivity index (χ4n) is 3.19. The Morgan fingerprint density at radius 2 is 1.44 bits per heavy atom. The minimum absolute atomic E-state index is 0.00757. The second kappa shape index (κ2) is 5.91. The van der Waals surface area contributed by atoms with Crippen LogP contribution in [0.4, 0.5) is 8.78 Å². The number of hydrogen-bond donors (Lipinski definition) is 2. The standard InChI is InChI=1S/C20H10F2O5/c21-10-6-9(7-11(22)8-10)12-4-5-15(20(25)26)18-16(12)13-2-1-3-14(19(23)24)17(13)27-18/h1-8H,(H,23,24)(H,25,26). The summed E-state index contributed by atoms with van der Waals surface area (Å²) in [6.45, 7) is 0. The average Bonchev–Trinajstić information content (AvgIpc) is 2.99. The Bertz CT molecular complexity index is 1240. The average molecular weight is 368 g/mol. The summed E-state index contributed by atoms with van der Waals surface area (Å²) in [4.78, 5) is 23.0. The van der Waals surface area contributed by atoms with Gasteiger partial charge in [-0.25, -0.2) is 18.4 Å². The van der Waals surface area contributed by atoms with Crippen LogP contribution in [0.25, 0.3) is 33.1 Å². The van der Waals surface area contributed by atoms with Gasteiger partial charge in [0.2, 0.25) is 0 Å². The summed E-state index contributed by atoms with van der Waals surface area (Å²) in [7, 11) is 0. The molecular weight excluding hydrogens is 358 g/mol. The quantitative estimate of drug-likeness (QED) is 0.535. The van der Waals surface area contributed by atoms with Crippen LogP contribution in [0, 0.1) is 11.6 Å². The predicted octanol–water partition coefficient (Wildman–Crippen LogP) is 4.93. The SMILES string of the molecule is O=C(O)c1cccc2c1oc1c(C(=O)O)ccc(-c3cc(F)cc(F)c3)c12. The lowest BCUT2D eigenvalue weighted by atomic mass is 9.96. The van der Waals surface area contributed by atoms with Gasteiger partial charge in [0, 0.05) is 16.8 Å². The number of furan rings is 1. The van der Waals surface area contributed by atoms with Crippen LogP contribution in [0.15, 0.2) is 52.9 Å². The van der Waals surface area contributed by atoms with Crippen molar-refractivity contribution in [1.82, 2.24) is 0 Å². The maximum absolute atomic E-state index is 13.7. The molecule has 2 N–H and O–H groups in total. The zero-order chi connectivity index (χ0) is 19.3. The molecule has 0 saturated carbocycles. The lowest BCUT2D eigenvalue weighted by Gasteiger charge is -2.06. The van der Waals surface area contributed by atoms with Crippen LogP contribution < -0.4 is 0 Å². The zero-order valence-electron chi connectivity index (χ0n) is 13.5. The number of carbonyl (C=O) groups is 2. The van der Waals surface area contributed by atoms with E-state index >= 15 is 0 Å². The van der Waals surface area contributed by atoms with Crippen LogP contribution >= 0.6 is 0 Å². The van der Waals surface area contributed by atoms with E-state index in [-0.39, 0.29) is 33.2 Å². The van der Waals surface area contributed by atoms with E-state index in [0.717, 1.165) is 18.2 Å². The number of benzene rings is 3. The van der Waals surface area contributed by atoms with Crippen molar-refractivity contribution in [2.24, 2.45) is 0 Å². The van der Waals surface area contributed by atoms with Crippen molar-refractivity contribution in [1.29, 1.82) is 0 Å². The van der Waals surface area contributed by atoms with Crippen molar-refractivity contribution < 1.29 is 33.0 Å². The van der Waals surface area contributed by atoms with Crippen molar-refractivity contribution in [2.45, 2.75) is 0 Å². The van der Waals surface area contributed by atoms with Gasteiger partial charge in [-0.2, -0.15) is 0 Å². The molecule has 0 amide bonds. The lowest BCUT2D eigenvalue weighted by molar-refractivity contribution is 0.0688. The van der Waals surface area contributed by atoms with Gasteiger partial charge in [0.1, 0.15) is 28.3 Å². The smallest absolute Gasteiger partial charge is 0.339 e. The number of rotatable bonds is 3. The first-order chi connectivity index (χ1) is 12.9. The molecule has 0 aliphatic rings. The highest BCUT2D eigenvalue weighted by Gasteiger charge is 2.22. The first-order valence-electron chi connectivity index (χ1n) is 7.78. The minimum atomic E-state index is -1.27. The number of halogens is 2. The molecule has 27 heavy (non-hydrogen) atoms. The molecule has 1 heterocycles. The second-order valence-electron chi connectivity index (χ2n) is 5.92. The van der Waals surface area contributed by atoms with Crippen LogP contribution in [0.5, 0.6) is 0 Å². The van der Waals surface area contributed by atoms with Crippen LogP contribution in [-0.2, 0) is 0 Å². The Hall–Kier alpha value is -3.74. The van der Waals surface area contributed by atoms with Gasteiger partial charge in [-0.15, -0.1) is 0 Å². The fourth-order valence-corrected chi connectivity index (χ4v) is 3.19. The van der Waals surface area contributed by atoms with E-state index in [2.05, 4.69) is 0 Å². The first-order valence-corrected chi connectivity index (χ1v) is 7.78. The third kappa shape index (κ3) is 2.60. The highest BCUT2D eigenvalue weighted by atomic mass is 19.1. The number of aromatic carboxylic acids is 2. The number of carboxylic acids is 2. The molecule has 0 aliphatic heterocycles. The van der Waals surface area contributed by atoms with Crippen molar-refractivity contribution in [3.05, 3.63) is 71.3 Å². The Morgan fingerprint density at radius 3 is 2.07 bits per heavy atom. The summed E-state index contributed by atoms with van der Waals surface area (Å²) in [6.07, 6.45) is 0. The third-order valence-corrected chi connectivity index (χ3v) is 4.28. The van der Waals surface area contributed by atoms with Gasteiger partial charge < -0.3 is 14.6 Å². The van der Waals surface area contributed by atoms with Gasteiger partial charge >= 0.3 is 11.9 Å². The Labute approximate surface area is 150 Å². The summed E-state index contributed by atoms with van der Waals surface area (Å²) in [5.74, 6) is -4.10. The molecule has 0 atom stereocenters. The van der Waals surface area contributed by atoms with Crippen molar-refractivity contribution in [3.63, 3.8) is 0 Å². The summed E-state index contributed by atoms with van der Waals surface area (Å²) >= 11 is 0. The van der Waals surface area contributed by atoms with Gasteiger partial charge in [-0.1, -0.05) is 18.2 Å². The van der Waals surface area contributed by atoms with Crippen LogP contribution in [0.2, 0.25) is 0 Å². The van der Waals surface area contributed by atoms with E-state index in [1.54, 1.807) is 6.07 Å². The van der Waals surface area contributed by atoms with E-state index < -0.39 is 23.6 Å². The summed E-state index contributed by atoms with van der Waals surface area (Å²) in [5.41, 5.74) is 0.113. The normalized spacial score (nSPS) is 11.2. The molecule has 0 saturated heterocycles. The molecule has 4 aromatic rings. The molecule has 134 valence electrons. The van der Waals surface area contributed by atoms with Crippen LogP contribution in [-0.4, -0.2) is 22.2 Å². The number of carboxylic acid groups (broad SMARTS) is 2. The Morgan fingerprint density at radius 1 is 0.815 bits per heavy atom. The number of para-hydroxylation sites is 1. The molecule has 0 bridgehead atoms. The molecule has 4 rings (SSSR count). The number of hydrogen-bond acceptors (Lipinski definition) is 3. The Kier molecular flexibility index (Phi) is 3.66. The van der Waals surface area contributed by atoms with E-state index in [0.29, 0.717) is 10.9 Å². The lowest BCUT2D eigenvalue weighted by Crippen LogP contribution is -1.97. The van der Waals surface area contributed by atoms with Crippen molar-refractivity contribution in [2.75, 3.05) is 0 Å². The highest BCUT2D eigenvalue weighted by molar-refractivity contribution is 6.20. The minimum Gasteiger partial charge on any atom is -0.478 e. The third-order valence-electron chi connectivity index (χ3n) is 4.28. The molecule has 0 spiro atoms. The van der Waals surface area contributed by atoms with Gasteiger partial charge in [0.25, 0.3) is 0 Å². The predicted molar refractivity (Wildman–Crippen MR) is 93.0 cm³/mol. The van der Waals surface area contributed by atoms with E-state index in [4.69, 9.17) is 4.42 Å². The molecule has 0 aliphatic carbocycles. The molecule has 0 radical (unpaired) electrons. The molecule has 0 unspecified atom stereocenters. The summed E-state index contributed by atoms with van der Waals surface area (Å²) in [6, 6.07) is 10.0. The summed E-state index contributed by atoms with van der Waals surface area (Å²) < 4.78 is 33.0. The van der Waals surface area contributed by atoms with Gasteiger partial charge in [-0.3, -0.25) is 0 Å². The molecule has 1 aromatic heterocycles. The monoisotopic (exact) mass is 368 g/mol. The largest absolute Gasteiger partial charge is 0.478 e. The van der Waals surface area contributed by atoms with Crippen LogP contribution in [0.1, 0.15) is 20.7 Å². The molecule has 0 fully saturated rings. The second-order valence-corrected chi connectivity index (χ2v) is 5.92.